The summed E-state index contributed by atoms with van der Waals surface area (Å²) in [5.41, 5.74) is 0. The van der Waals surface area contributed by atoms with Crippen molar-refractivity contribution in [3.63, 3.8) is 0 Å². The molecule has 0 radical (unpaired) electrons. The minimum atomic E-state index is -1.28. The fourth-order valence-electron chi connectivity index (χ4n) is 6.00. The summed E-state index contributed by atoms with van der Waals surface area (Å²) in [6, 6.07) is -3.30. The summed E-state index contributed by atoms with van der Waals surface area (Å²) in [5, 5.41) is 0. The number of carbonyl (C=O) groups is 6. The summed E-state index contributed by atoms with van der Waals surface area (Å²) < 4.78 is 17.8. The monoisotopic (exact) mass is 681 g/mol. The zero-order valence-corrected chi connectivity index (χ0v) is 32.1. The van der Waals surface area contributed by atoms with E-state index >= 15 is 0 Å². The zero-order valence-electron chi connectivity index (χ0n) is 32.1. The normalized spacial score (nSPS) is 28.2. The van der Waals surface area contributed by atoms with Crippen molar-refractivity contribution in [2.45, 2.75) is 139 Å². The van der Waals surface area contributed by atoms with Crippen LogP contribution in [-0.2, 0) is 43.0 Å². The smallest absolute Gasteiger partial charge is 0.329 e. The molecule has 0 N–H and O–H groups in total. The van der Waals surface area contributed by atoms with Gasteiger partial charge in [0.15, 0.2) is 18.3 Å². The number of amides is 3. The summed E-state index contributed by atoms with van der Waals surface area (Å²) >= 11 is 0. The molecule has 1 fully saturated rings. The molecule has 1 saturated heterocycles. The van der Waals surface area contributed by atoms with Crippen LogP contribution >= 0.6 is 0 Å². The Balaban J connectivity index is 4.04. The SMILES string of the molecule is CC[C@@H](C)[C@@H]1C(=O)O[C@@H](C(C)C)C(=O)N(C)[C@H]([C@@H](C)CC)C(=O)O[C@H](C(C)C)C(=O)N(C)[C@H]([C@H](C)CC)C(=O)O[C@H](C(C)C)C(=O)N1C. The van der Waals surface area contributed by atoms with Gasteiger partial charge in [-0.15, -0.1) is 0 Å². The van der Waals surface area contributed by atoms with Crippen molar-refractivity contribution in [2.75, 3.05) is 21.1 Å². The molecule has 3 amide bonds. The maximum Gasteiger partial charge on any atom is 0.329 e. The van der Waals surface area contributed by atoms with E-state index in [9.17, 15) is 28.8 Å². The van der Waals surface area contributed by atoms with Gasteiger partial charge in [0.25, 0.3) is 17.7 Å². The molecule has 0 unspecified atom stereocenters. The number of hydrogen-bond acceptors (Lipinski definition) is 9. The third-order valence-corrected chi connectivity index (χ3v) is 9.84. The van der Waals surface area contributed by atoms with Gasteiger partial charge in [0, 0.05) is 21.1 Å². The van der Waals surface area contributed by atoms with Gasteiger partial charge in [-0.2, -0.15) is 0 Å². The number of likely N-dealkylation sites (N-methyl/N-ethyl adjacent to an activating group) is 3. The lowest BCUT2D eigenvalue weighted by molar-refractivity contribution is -0.182. The molecular formula is C36H63N3O9. The molecule has 0 aromatic rings. The van der Waals surface area contributed by atoms with Gasteiger partial charge < -0.3 is 28.9 Å². The van der Waals surface area contributed by atoms with Gasteiger partial charge in [-0.3, -0.25) is 14.4 Å². The van der Waals surface area contributed by atoms with Crippen molar-refractivity contribution in [1.82, 2.24) is 14.7 Å². The molecule has 48 heavy (non-hydrogen) atoms. The van der Waals surface area contributed by atoms with Gasteiger partial charge >= 0.3 is 17.9 Å². The van der Waals surface area contributed by atoms with Crippen LogP contribution in [0.1, 0.15) is 102 Å². The Labute approximate surface area is 288 Å². The minimum Gasteiger partial charge on any atom is -0.450 e. The number of carbonyl (C=O) groups excluding carboxylic acids is 6. The molecular weight excluding hydrogens is 618 g/mol. The third kappa shape index (κ3) is 9.94. The Bertz CT molecular complexity index is 1000. The van der Waals surface area contributed by atoms with Gasteiger partial charge in [-0.1, -0.05) is 102 Å². The van der Waals surface area contributed by atoms with Crippen LogP contribution in [0.2, 0.25) is 0 Å². The number of hydrogen-bond donors (Lipinski definition) is 0. The highest BCUT2D eigenvalue weighted by Gasteiger charge is 2.46. The van der Waals surface area contributed by atoms with Gasteiger partial charge in [0.1, 0.15) is 18.1 Å². The van der Waals surface area contributed by atoms with Gasteiger partial charge in [-0.25, -0.2) is 14.4 Å². The molecule has 0 aromatic heterocycles. The highest BCUT2D eigenvalue weighted by Crippen LogP contribution is 2.27. The van der Waals surface area contributed by atoms with Crippen LogP contribution < -0.4 is 0 Å². The molecule has 1 aliphatic heterocycles. The van der Waals surface area contributed by atoms with Gasteiger partial charge in [-0.05, 0) is 35.5 Å². The van der Waals surface area contributed by atoms with E-state index in [1.807, 2.05) is 20.8 Å². The molecule has 0 spiro atoms. The minimum absolute atomic E-state index is 0.381. The van der Waals surface area contributed by atoms with Crippen molar-refractivity contribution < 1.29 is 43.0 Å². The molecule has 0 bridgehead atoms. The maximum atomic E-state index is 14.1. The van der Waals surface area contributed by atoms with E-state index in [4.69, 9.17) is 14.2 Å². The van der Waals surface area contributed by atoms with Gasteiger partial charge in [0.2, 0.25) is 0 Å². The van der Waals surface area contributed by atoms with Crippen molar-refractivity contribution in [1.29, 1.82) is 0 Å². The van der Waals surface area contributed by atoms with Crippen LogP contribution in [0.25, 0.3) is 0 Å². The molecule has 12 nitrogen and oxygen atoms in total. The largest absolute Gasteiger partial charge is 0.450 e. The lowest BCUT2D eigenvalue weighted by Crippen LogP contribution is -2.58. The maximum absolute atomic E-state index is 14.1. The fraction of sp³-hybridized carbons (Fsp3) is 0.833. The van der Waals surface area contributed by atoms with E-state index in [1.165, 1.54) is 35.8 Å². The van der Waals surface area contributed by atoms with E-state index < -0.39 is 89.8 Å². The second-order valence-corrected chi connectivity index (χ2v) is 14.6. The lowest BCUT2D eigenvalue weighted by Gasteiger charge is -2.39. The van der Waals surface area contributed by atoms with Gasteiger partial charge in [0.05, 0.1) is 0 Å². The summed E-state index contributed by atoms with van der Waals surface area (Å²) in [5.74, 6) is -6.73. The summed E-state index contributed by atoms with van der Waals surface area (Å²) in [6.07, 6.45) is -2.32. The topological polar surface area (TPSA) is 140 Å². The summed E-state index contributed by atoms with van der Waals surface area (Å²) in [7, 11) is 4.39. The Kier molecular flexibility index (Phi) is 16.6. The predicted octanol–water partition coefficient (Wildman–Crippen LogP) is 4.32. The first-order chi connectivity index (χ1) is 22.2. The highest BCUT2D eigenvalue weighted by atomic mass is 16.6. The second kappa shape index (κ2) is 18.5. The van der Waals surface area contributed by atoms with Crippen molar-refractivity contribution in [3.05, 3.63) is 0 Å². The average Bonchev–Trinajstić information content (AvgIpc) is 3.02. The highest BCUT2D eigenvalue weighted by molar-refractivity contribution is 5.94. The van der Waals surface area contributed by atoms with Crippen LogP contribution in [-0.4, -0.2) is 108 Å². The Morgan fingerprint density at radius 1 is 0.438 bits per heavy atom. The Morgan fingerprint density at radius 3 is 0.771 bits per heavy atom. The van der Waals surface area contributed by atoms with E-state index in [1.54, 1.807) is 62.3 Å². The van der Waals surface area contributed by atoms with Crippen LogP contribution in [0.5, 0.6) is 0 Å². The Hall–Kier alpha value is -3.18. The van der Waals surface area contributed by atoms with E-state index in [-0.39, 0.29) is 17.8 Å². The van der Waals surface area contributed by atoms with E-state index in [2.05, 4.69) is 0 Å². The van der Waals surface area contributed by atoms with E-state index in [0.29, 0.717) is 19.3 Å². The lowest BCUT2D eigenvalue weighted by atomic mass is 9.94. The van der Waals surface area contributed by atoms with Crippen molar-refractivity contribution in [2.24, 2.45) is 35.5 Å². The first kappa shape index (κ1) is 42.8. The number of ether oxygens (including phenoxy) is 3. The second-order valence-electron chi connectivity index (χ2n) is 14.6. The number of rotatable bonds is 9. The standard InChI is InChI=1S/C36H63N3O9/c1-16-22(10)25-34(43)46-29(20(6)7)32(41)38(14)27(24(12)18-3)36(45)48-30(21(8)9)33(42)39(15)26(23(11)17-2)35(44)47-28(19(4)5)31(40)37(25)13/h19-30H,16-18H2,1-15H3/t22-,23-,24+,25-,26-,27-,28-,29+,30-/m1/s1. The third-order valence-electron chi connectivity index (χ3n) is 9.84. The fourth-order valence-corrected chi connectivity index (χ4v) is 6.00. The first-order valence-corrected chi connectivity index (χ1v) is 17.6. The quantitative estimate of drug-likeness (QED) is 0.257. The summed E-state index contributed by atoms with van der Waals surface area (Å²) in [6.45, 7) is 21.4. The molecule has 276 valence electrons. The van der Waals surface area contributed by atoms with Crippen LogP contribution in [0.15, 0.2) is 0 Å². The summed E-state index contributed by atoms with van der Waals surface area (Å²) in [4.78, 5) is 87.8. The first-order valence-electron chi connectivity index (χ1n) is 17.6. The van der Waals surface area contributed by atoms with Crippen molar-refractivity contribution in [3.8, 4) is 0 Å². The van der Waals surface area contributed by atoms with Crippen LogP contribution in [0, 0.1) is 35.5 Å². The molecule has 9 atom stereocenters. The Morgan fingerprint density at radius 2 is 0.625 bits per heavy atom. The zero-order chi connectivity index (χ0) is 37.4. The molecule has 12 heteroatoms. The van der Waals surface area contributed by atoms with Crippen LogP contribution in [0.4, 0.5) is 0 Å². The molecule has 0 aromatic carbocycles. The molecule has 1 heterocycles. The number of esters is 3. The van der Waals surface area contributed by atoms with Crippen LogP contribution in [0.3, 0.4) is 0 Å². The molecule has 1 aliphatic rings. The molecule has 1 rings (SSSR count). The van der Waals surface area contributed by atoms with E-state index in [0.717, 1.165) is 0 Å². The van der Waals surface area contributed by atoms with Crippen molar-refractivity contribution >= 4 is 35.6 Å². The molecule has 0 saturated carbocycles. The molecule has 0 aliphatic carbocycles. The average molecular weight is 682 g/mol. The predicted molar refractivity (Wildman–Crippen MR) is 182 cm³/mol. The number of nitrogens with zero attached hydrogens (tertiary/aromatic N) is 3. The number of cyclic esters (lactones) is 3.